The summed E-state index contributed by atoms with van der Waals surface area (Å²) in [6.45, 7) is 1.15. The van der Waals surface area contributed by atoms with E-state index in [9.17, 15) is 0 Å². The van der Waals surface area contributed by atoms with Crippen molar-refractivity contribution in [2.45, 2.75) is 31.7 Å². The summed E-state index contributed by atoms with van der Waals surface area (Å²) in [6, 6.07) is 2.52. The molecular formula is C12H16N4. The number of piperidine rings is 1. The smallest absolute Gasteiger partial charge is 0.233 e. The highest BCUT2D eigenvalue weighted by molar-refractivity contribution is 5.29. The van der Waals surface area contributed by atoms with Crippen molar-refractivity contribution in [1.82, 2.24) is 19.7 Å². The van der Waals surface area contributed by atoms with Gasteiger partial charge >= 0.3 is 0 Å². The zero-order valence-electron chi connectivity index (χ0n) is 9.26. The summed E-state index contributed by atoms with van der Waals surface area (Å²) < 4.78 is 1.98. The monoisotopic (exact) mass is 216 g/mol. The maximum Gasteiger partial charge on any atom is 0.233 e. The number of hydrogen-bond acceptors (Lipinski definition) is 3. The van der Waals surface area contributed by atoms with Crippen LogP contribution in [0.25, 0.3) is 5.78 Å². The van der Waals surface area contributed by atoms with E-state index in [1.165, 1.54) is 19.3 Å². The number of hydrogen-bond donors (Lipinski definition) is 1. The number of rotatable bonds is 2. The molecule has 1 aliphatic heterocycles. The summed E-state index contributed by atoms with van der Waals surface area (Å²) in [7, 11) is 0. The molecule has 0 saturated carbocycles. The van der Waals surface area contributed by atoms with E-state index in [2.05, 4.69) is 21.5 Å². The van der Waals surface area contributed by atoms with Crippen LogP contribution in [-0.4, -0.2) is 27.0 Å². The van der Waals surface area contributed by atoms with Crippen LogP contribution in [0.3, 0.4) is 0 Å². The molecule has 4 heteroatoms. The molecule has 1 atom stereocenters. The Hall–Kier alpha value is -1.42. The standard InChI is InChI=1S/C12H16N4/c1-2-5-13-10(4-1)8-11-9-16-7-3-6-14-12(16)15-11/h3,6-7,9-10,13H,1-2,4-5,8H2/t10-/m0/s1. The Kier molecular flexibility index (Phi) is 2.58. The van der Waals surface area contributed by atoms with Gasteiger partial charge in [0.1, 0.15) is 0 Å². The second-order valence-electron chi connectivity index (χ2n) is 4.41. The van der Waals surface area contributed by atoms with Gasteiger partial charge in [-0.05, 0) is 25.5 Å². The molecule has 1 fully saturated rings. The predicted octanol–water partition coefficient (Wildman–Crippen LogP) is 1.41. The lowest BCUT2D eigenvalue weighted by Crippen LogP contribution is -2.35. The topological polar surface area (TPSA) is 42.2 Å². The van der Waals surface area contributed by atoms with Gasteiger partial charge in [0.05, 0.1) is 5.69 Å². The average molecular weight is 216 g/mol. The van der Waals surface area contributed by atoms with Crippen molar-refractivity contribution >= 4 is 5.78 Å². The maximum atomic E-state index is 4.52. The van der Waals surface area contributed by atoms with Crippen molar-refractivity contribution in [3.63, 3.8) is 0 Å². The van der Waals surface area contributed by atoms with Gasteiger partial charge < -0.3 is 5.32 Å². The normalized spacial score (nSPS) is 21.4. The molecule has 1 saturated heterocycles. The minimum atomic E-state index is 0.596. The molecule has 84 valence electrons. The van der Waals surface area contributed by atoms with E-state index in [4.69, 9.17) is 0 Å². The molecule has 0 spiro atoms. The third-order valence-corrected chi connectivity index (χ3v) is 3.15. The lowest BCUT2D eigenvalue weighted by Gasteiger charge is -2.22. The van der Waals surface area contributed by atoms with Crippen LogP contribution in [0.4, 0.5) is 0 Å². The van der Waals surface area contributed by atoms with Gasteiger partial charge in [0.15, 0.2) is 0 Å². The van der Waals surface area contributed by atoms with Gasteiger partial charge in [0, 0.05) is 31.1 Å². The van der Waals surface area contributed by atoms with Gasteiger partial charge in [-0.1, -0.05) is 6.42 Å². The fourth-order valence-electron chi connectivity index (χ4n) is 2.33. The van der Waals surface area contributed by atoms with Crippen molar-refractivity contribution in [1.29, 1.82) is 0 Å². The lowest BCUT2D eigenvalue weighted by atomic mass is 10.0. The van der Waals surface area contributed by atoms with Crippen LogP contribution in [0.15, 0.2) is 24.7 Å². The minimum Gasteiger partial charge on any atom is -0.314 e. The zero-order valence-corrected chi connectivity index (χ0v) is 9.26. The van der Waals surface area contributed by atoms with Crippen LogP contribution in [0, 0.1) is 0 Å². The number of fused-ring (bicyclic) bond motifs is 1. The molecule has 0 bridgehead atoms. The lowest BCUT2D eigenvalue weighted by molar-refractivity contribution is 0.397. The number of nitrogens with zero attached hydrogens (tertiary/aromatic N) is 3. The van der Waals surface area contributed by atoms with Crippen LogP contribution in [0.5, 0.6) is 0 Å². The van der Waals surface area contributed by atoms with E-state index in [1.807, 2.05) is 16.7 Å². The first-order valence-corrected chi connectivity index (χ1v) is 5.94. The fourth-order valence-corrected chi connectivity index (χ4v) is 2.33. The molecule has 0 aliphatic carbocycles. The van der Waals surface area contributed by atoms with Gasteiger partial charge in [0.25, 0.3) is 0 Å². The van der Waals surface area contributed by atoms with E-state index in [0.29, 0.717) is 6.04 Å². The molecule has 0 radical (unpaired) electrons. The van der Waals surface area contributed by atoms with Crippen LogP contribution < -0.4 is 5.32 Å². The highest BCUT2D eigenvalue weighted by Gasteiger charge is 2.14. The third-order valence-electron chi connectivity index (χ3n) is 3.15. The van der Waals surface area contributed by atoms with E-state index in [1.54, 1.807) is 6.20 Å². The molecule has 16 heavy (non-hydrogen) atoms. The van der Waals surface area contributed by atoms with Crippen molar-refractivity contribution in [2.24, 2.45) is 0 Å². The molecule has 0 amide bonds. The Morgan fingerprint density at radius 1 is 1.44 bits per heavy atom. The molecule has 1 aliphatic rings. The van der Waals surface area contributed by atoms with Gasteiger partial charge in [-0.3, -0.25) is 4.40 Å². The van der Waals surface area contributed by atoms with E-state index >= 15 is 0 Å². The first-order chi connectivity index (χ1) is 7.92. The zero-order chi connectivity index (χ0) is 10.8. The van der Waals surface area contributed by atoms with Crippen LogP contribution >= 0.6 is 0 Å². The van der Waals surface area contributed by atoms with E-state index in [0.717, 1.165) is 24.4 Å². The average Bonchev–Trinajstić information content (AvgIpc) is 2.72. The molecule has 4 nitrogen and oxygen atoms in total. The number of imidazole rings is 1. The Morgan fingerprint density at radius 2 is 2.44 bits per heavy atom. The van der Waals surface area contributed by atoms with E-state index in [-0.39, 0.29) is 0 Å². The molecular weight excluding hydrogens is 200 g/mol. The summed E-state index contributed by atoms with van der Waals surface area (Å²) in [5, 5.41) is 3.54. The van der Waals surface area contributed by atoms with Crippen molar-refractivity contribution in [3.05, 3.63) is 30.4 Å². The minimum absolute atomic E-state index is 0.596. The molecule has 3 rings (SSSR count). The Labute approximate surface area is 94.7 Å². The summed E-state index contributed by atoms with van der Waals surface area (Å²) in [5.41, 5.74) is 1.14. The molecule has 2 aromatic rings. The van der Waals surface area contributed by atoms with Crippen molar-refractivity contribution in [3.8, 4) is 0 Å². The summed E-state index contributed by atoms with van der Waals surface area (Å²) >= 11 is 0. The van der Waals surface area contributed by atoms with Gasteiger partial charge in [-0.25, -0.2) is 9.97 Å². The first-order valence-electron chi connectivity index (χ1n) is 5.94. The van der Waals surface area contributed by atoms with Crippen LogP contribution in [0.2, 0.25) is 0 Å². The highest BCUT2D eigenvalue weighted by Crippen LogP contribution is 2.12. The maximum absolute atomic E-state index is 4.52. The Balaban J connectivity index is 1.78. The largest absolute Gasteiger partial charge is 0.314 e. The molecule has 0 aromatic carbocycles. The van der Waals surface area contributed by atoms with Crippen molar-refractivity contribution < 1.29 is 0 Å². The van der Waals surface area contributed by atoms with Gasteiger partial charge in [-0.2, -0.15) is 0 Å². The predicted molar refractivity (Wildman–Crippen MR) is 62.3 cm³/mol. The van der Waals surface area contributed by atoms with Crippen LogP contribution in [-0.2, 0) is 6.42 Å². The van der Waals surface area contributed by atoms with Gasteiger partial charge in [-0.15, -0.1) is 0 Å². The van der Waals surface area contributed by atoms with Crippen LogP contribution in [0.1, 0.15) is 25.0 Å². The molecule has 1 N–H and O–H groups in total. The summed E-state index contributed by atoms with van der Waals surface area (Å²) in [4.78, 5) is 8.75. The summed E-state index contributed by atoms with van der Waals surface area (Å²) in [5.74, 6) is 0.799. The Morgan fingerprint density at radius 3 is 3.25 bits per heavy atom. The molecule has 3 heterocycles. The number of aromatic nitrogens is 3. The van der Waals surface area contributed by atoms with E-state index < -0.39 is 0 Å². The Bertz CT molecular complexity index is 438. The van der Waals surface area contributed by atoms with Gasteiger partial charge in [0.2, 0.25) is 5.78 Å². The SMILES string of the molecule is c1cnc2nc(C[C@@H]3CCCCN3)cn2c1. The second-order valence-corrected chi connectivity index (χ2v) is 4.41. The number of nitrogens with one attached hydrogen (secondary N) is 1. The molecule has 0 unspecified atom stereocenters. The molecule has 2 aromatic heterocycles. The third kappa shape index (κ3) is 1.93. The fraction of sp³-hybridized carbons (Fsp3) is 0.500. The van der Waals surface area contributed by atoms with Crippen molar-refractivity contribution in [2.75, 3.05) is 6.54 Å². The highest BCUT2D eigenvalue weighted by atomic mass is 15.1. The summed E-state index contributed by atoms with van der Waals surface area (Å²) in [6.07, 6.45) is 10.8. The first kappa shape index (κ1) is 9.78. The quantitative estimate of drug-likeness (QED) is 0.825. The second kappa shape index (κ2) is 4.22.